The SMILES string of the molecule is COCC(=O)N1CC(C(=O)O)Cc2ccccc21. The second-order valence-electron chi connectivity index (χ2n) is 4.31. The Morgan fingerprint density at radius 3 is 2.83 bits per heavy atom. The number of hydrogen-bond donors (Lipinski definition) is 1. The fourth-order valence-electron chi connectivity index (χ4n) is 2.20. The van der Waals surface area contributed by atoms with Crippen LogP contribution in [0.25, 0.3) is 0 Å². The molecule has 18 heavy (non-hydrogen) atoms. The summed E-state index contributed by atoms with van der Waals surface area (Å²) in [5.41, 5.74) is 1.68. The van der Waals surface area contributed by atoms with E-state index in [9.17, 15) is 9.59 Å². The quantitative estimate of drug-likeness (QED) is 0.865. The van der Waals surface area contributed by atoms with Crippen LogP contribution in [0.15, 0.2) is 24.3 Å². The van der Waals surface area contributed by atoms with Crippen molar-refractivity contribution in [2.75, 3.05) is 25.2 Å². The lowest BCUT2D eigenvalue weighted by atomic mass is 9.92. The van der Waals surface area contributed by atoms with Gasteiger partial charge in [0.1, 0.15) is 6.61 Å². The molecule has 0 aliphatic carbocycles. The molecule has 0 fully saturated rings. The van der Waals surface area contributed by atoms with Crippen LogP contribution in [0.1, 0.15) is 5.56 Å². The number of benzene rings is 1. The van der Waals surface area contributed by atoms with E-state index in [1.807, 2.05) is 24.3 Å². The van der Waals surface area contributed by atoms with Crippen molar-refractivity contribution in [2.45, 2.75) is 6.42 Å². The van der Waals surface area contributed by atoms with Gasteiger partial charge in [0, 0.05) is 19.3 Å². The topological polar surface area (TPSA) is 66.8 Å². The molecule has 0 saturated carbocycles. The van der Waals surface area contributed by atoms with E-state index in [4.69, 9.17) is 9.84 Å². The number of carboxylic acids is 1. The average molecular weight is 249 g/mol. The van der Waals surface area contributed by atoms with Crippen LogP contribution in [0.2, 0.25) is 0 Å². The molecule has 0 spiro atoms. The molecular formula is C13H15NO4. The Labute approximate surface area is 105 Å². The largest absolute Gasteiger partial charge is 0.481 e. The number of ether oxygens (including phenoxy) is 1. The van der Waals surface area contributed by atoms with E-state index in [0.29, 0.717) is 6.42 Å². The van der Waals surface area contributed by atoms with Gasteiger partial charge in [0.05, 0.1) is 5.92 Å². The lowest BCUT2D eigenvalue weighted by Crippen LogP contribution is -2.44. The molecule has 5 nitrogen and oxygen atoms in total. The van der Waals surface area contributed by atoms with Gasteiger partial charge in [-0.15, -0.1) is 0 Å². The highest BCUT2D eigenvalue weighted by atomic mass is 16.5. The van der Waals surface area contributed by atoms with Crippen LogP contribution in [0.3, 0.4) is 0 Å². The molecule has 0 saturated heterocycles. The second-order valence-corrected chi connectivity index (χ2v) is 4.31. The summed E-state index contributed by atoms with van der Waals surface area (Å²) in [6.07, 6.45) is 0.461. The zero-order valence-corrected chi connectivity index (χ0v) is 10.1. The number of aliphatic carboxylic acids is 1. The molecule has 1 atom stereocenters. The van der Waals surface area contributed by atoms with Gasteiger partial charge in [-0.25, -0.2) is 0 Å². The Hall–Kier alpha value is -1.88. The van der Waals surface area contributed by atoms with E-state index in [0.717, 1.165) is 11.3 Å². The number of methoxy groups -OCH3 is 1. The monoisotopic (exact) mass is 249 g/mol. The summed E-state index contributed by atoms with van der Waals surface area (Å²) in [6, 6.07) is 7.38. The Kier molecular flexibility index (Phi) is 3.62. The fraction of sp³-hybridized carbons (Fsp3) is 0.385. The molecule has 2 rings (SSSR count). The lowest BCUT2D eigenvalue weighted by Gasteiger charge is -2.32. The molecule has 96 valence electrons. The van der Waals surface area contributed by atoms with E-state index >= 15 is 0 Å². The molecular weight excluding hydrogens is 234 g/mol. The first-order valence-electron chi connectivity index (χ1n) is 5.73. The van der Waals surface area contributed by atoms with Gasteiger partial charge >= 0.3 is 5.97 Å². The first-order valence-corrected chi connectivity index (χ1v) is 5.73. The van der Waals surface area contributed by atoms with Crippen LogP contribution < -0.4 is 4.90 Å². The molecule has 1 amide bonds. The summed E-state index contributed by atoms with van der Waals surface area (Å²) >= 11 is 0. The molecule has 1 N–H and O–H groups in total. The molecule has 0 bridgehead atoms. The molecule has 1 aromatic carbocycles. The van der Waals surface area contributed by atoms with Gasteiger partial charge in [0.15, 0.2) is 0 Å². The van der Waals surface area contributed by atoms with Crippen LogP contribution in [-0.4, -0.2) is 37.2 Å². The van der Waals surface area contributed by atoms with Crippen molar-refractivity contribution in [3.63, 3.8) is 0 Å². The molecule has 1 heterocycles. The Morgan fingerprint density at radius 2 is 2.17 bits per heavy atom. The number of anilines is 1. The first-order chi connectivity index (χ1) is 8.63. The number of rotatable bonds is 3. The number of amides is 1. The smallest absolute Gasteiger partial charge is 0.308 e. The minimum absolute atomic E-state index is 0.0410. The summed E-state index contributed by atoms with van der Waals surface area (Å²) in [4.78, 5) is 24.6. The van der Waals surface area contributed by atoms with Gasteiger partial charge < -0.3 is 14.7 Å². The van der Waals surface area contributed by atoms with E-state index < -0.39 is 11.9 Å². The molecule has 1 unspecified atom stereocenters. The first kappa shape index (κ1) is 12.6. The Bertz CT molecular complexity index is 472. The zero-order chi connectivity index (χ0) is 13.1. The number of carbonyl (C=O) groups excluding carboxylic acids is 1. The third-order valence-electron chi connectivity index (χ3n) is 3.07. The minimum atomic E-state index is -0.875. The average Bonchev–Trinajstić information content (AvgIpc) is 2.37. The van der Waals surface area contributed by atoms with Crippen LogP contribution in [-0.2, 0) is 20.7 Å². The van der Waals surface area contributed by atoms with Gasteiger partial charge in [0.25, 0.3) is 5.91 Å². The van der Waals surface area contributed by atoms with Crippen LogP contribution >= 0.6 is 0 Å². The highest BCUT2D eigenvalue weighted by Gasteiger charge is 2.31. The predicted molar refractivity (Wildman–Crippen MR) is 65.5 cm³/mol. The molecule has 1 aromatic rings. The standard InChI is InChI=1S/C13H15NO4/c1-18-8-12(15)14-7-10(13(16)17)6-9-4-2-3-5-11(9)14/h2-5,10H,6-8H2,1H3,(H,16,17). The zero-order valence-electron chi connectivity index (χ0n) is 10.1. The highest BCUT2D eigenvalue weighted by Crippen LogP contribution is 2.29. The van der Waals surface area contributed by atoms with Gasteiger partial charge in [-0.3, -0.25) is 9.59 Å². The predicted octanol–water partition coefficient (Wildman–Crippen LogP) is 0.923. The van der Waals surface area contributed by atoms with E-state index in [1.54, 1.807) is 0 Å². The van der Waals surface area contributed by atoms with Crippen molar-refractivity contribution in [1.82, 2.24) is 0 Å². The number of para-hydroxylation sites is 1. The van der Waals surface area contributed by atoms with Crippen molar-refractivity contribution >= 4 is 17.6 Å². The number of carboxylic acid groups (broad SMARTS) is 1. The Balaban J connectivity index is 2.33. The van der Waals surface area contributed by atoms with Gasteiger partial charge in [-0.2, -0.15) is 0 Å². The molecule has 5 heteroatoms. The maximum atomic E-state index is 11.9. The third-order valence-corrected chi connectivity index (χ3v) is 3.07. The van der Waals surface area contributed by atoms with E-state index in [1.165, 1.54) is 12.0 Å². The van der Waals surface area contributed by atoms with Gasteiger partial charge in [-0.1, -0.05) is 18.2 Å². The summed E-state index contributed by atoms with van der Waals surface area (Å²) in [5.74, 6) is -1.64. The molecule has 0 aromatic heterocycles. The van der Waals surface area contributed by atoms with Crippen molar-refractivity contribution in [3.05, 3.63) is 29.8 Å². The maximum Gasteiger partial charge on any atom is 0.308 e. The molecule has 0 radical (unpaired) electrons. The van der Waals surface area contributed by atoms with Crippen molar-refractivity contribution in [3.8, 4) is 0 Å². The fourth-order valence-corrected chi connectivity index (χ4v) is 2.20. The lowest BCUT2D eigenvalue weighted by molar-refractivity contribution is -0.141. The third kappa shape index (κ3) is 2.36. The van der Waals surface area contributed by atoms with E-state index in [-0.39, 0.29) is 19.1 Å². The Morgan fingerprint density at radius 1 is 1.44 bits per heavy atom. The van der Waals surface area contributed by atoms with E-state index in [2.05, 4.69) is 0 Å². The number of hydrogen-bond acceptors (Lipinski definition) is 3. The summed E-state index contributed by atoms with van der Waals surface area (Å²) in [7, 11) is 1.45. The maximum absolute atomic E-state index is 11.9. The van der Waals surface area contributed by atoms with Crippen molar-refractivity contribution in [1.29, 1.82) is 0 Å². The molecule has 1 aliphatic rings. The number of carbonyl (C=O) groups is 2. The number of nitrogens with zero attached hydrogens (tertiary/aromatic N) is 1. The van der Waals surface area contributed by atoms with Gasteiger partial charge in [0.2, 0.25) is 0 Å². The summed E-state index contributed by atoms with van der Waals surface area (Å²) in [6.45, 7) is 0.162. The summed E-state index contributed by atoms with van der Waals surface area (Å²) < 4.78 is 4.83. The highest BCUT2D eigenvalue weighted by molar-refractivity contribution is 5.96. The molecule has 1 aliphatic heterocycles. The van der Waals surface area contributed by atoms with Gasteiger partial charge in [-0.05, 0) is 18.1 Å². The number of fused-ring (bicyclic) bond motifs is 1. The van der Waals surface area contributed by atoms with Crippen molar-refractivity contribution in [2.24, 2.45) is 5.92 Å². The van der Waals surface area contributed by atoms with Crippen LogP contribution in [0.5, 0.6) is 0 Å². The van der Waals surface area contributed by atoms with Crippen LogP contribution in [0, 0.1) is 5.92 Å². The second kappa shape index (κ2) is 5.18. The van der Waals surface area contributed by atoms with Crippen LogP contribution in [0.4, 0.5) is 5.69 Å². The minimum Gasteiger partial charge on any atom is -0.481 e. The normalized spacial score (nSPS) is 18.3. The van der Waals surface area contributed by atoms with Crippen molar-refractivity contribution < 1.29 is 19.4 Å². The summed E-state index contributed by atoms with van der Waals surface area (Å²) in [5, 5.41) is 9.12.